The largest absolute Gasteiger partial charge is 0.273 e. The molecule has 1 aromatic heterocycles. The van der Waals surface area contributed by atoms with Gasteiger partial charge in [-0.25, -0.2) is 0 Å². The third-order valence-corrected chi connectivity index (χ3v) is 5.20. The molecule has 2 amide bonds. The van der Waals surface area contributed by atoms with Gasteiger partial charge in [-0.1, -0.05) is 79.7 Å². The normalized spacial score (nSPS) is 11.5. The molecule has 8 nitrogen and oxygen atoms in total. The summed E-state index contributed by atoms with van der Waals surface area (Å²) in [6.07, 6.45) is 0.277. The van der Waals surface area contributed by atoms with Crippen molar-refractivity contribution in [3.8, 4) is 11.4 Å². The van der Waals surface area contributed by atoms with Crippen LogP contribution in [0.25, 0.3) is 11.4 Å². The lowest BCUT2D eigenvalue weighted by molar-refractivity contribution is -0.122. The van der Waals surface area contributed by atoms with E-state index in [2.05, 4.69) is 26.3 Å². The highest BCUT2D eigenvalue weighted by Gasteiger charge is 2.13. The molecule has 0 bridgehead atoms. The lowest BCUT2D eigenvalue weighted by Crippen LogP contribution is -2.42. The van der Waals surface area contributed by atoms with E-state index in [4.69, 9.17) is 0 Å². The molecule has 8 heteroatoms. The van der Waals surface area contributed by atoms with Gasteiger partial charge in [0.25, 0.3) is 5.91 Å². The topological polar surface area (TPSA) is 102 Å². The number of aromatic nitrogens is 4. The summed E-state index contributed by atoms with van der Waals surface area (Å²) < 4.78 is 0. The number of amides is 2. The Balaban J connectivity index is 1.28. The molecule has 4 aromatic rings. The molecule has 33 heavy (non-hydrogen) atoms. The van der Waals surface area contributed by atoms with Crippen molar-refractivity contribution >= 4 is 11.8 Å². The van der Waals surface area contributed by atoms with Crippen LogP contribution >= 0.6 is 0 Å². The van der Waals surface area contributed by atoms with Crippen molar-refractivity contribution in [2.75, 3.05) is 0 Å². The van der Waals surface area contributed by atoms with Gasteiger partial charge in [0.15, 0.2) is 0 Å². The molecule has 0 fully saturated rings. The molecule has 2 N–H and O–H groups in total. The Bertz CT molecular complexity index is 1210. The van der Waals surface area contributed by atoms with E-state index < -0.39 is 0 Å². The molecule has 0 spiro atoms. The molecule has 4 rings (SSSR count). The minimum atomic E-state index is -0.382. The van der Waals surface area contributed by atoms with Crippen LogP contribution in [0.3, 0.4) is 0 Å². The van der Waals surface area contributed by atoms with Crippen LogP contribution in [-0.2, 0) is 11.3 Å². The van der Waals surface area contributed by atoms with Gasteiger partial charge in [0.1, 0.15) is 0 Å². The third kappa shape index (κ3) is 5.88. The fourth-order valence-corrected chi connectivity index (χ4v) is 3.37. The van der Waals surface area contributed by atoms with E-state index in [1.165, 1.54) is 4.80 Å². The van der Waals surface area contributed by atoms with Crippen molar-refractivity contribution in [1.29, 1.82) is 0 Å². The molecule has 0 aliphatic rings. The Labute approximate surface area is 191 Å². The second-order valence-electron chi connectivity index (χ2n) is 7.72. The van der Waals surface area contributed by atoms with Crippen LogP contribution in [0.1, 0.15) is 40.7 Å². The molecular weight excluding hydrogens is 416 g/mol. The van der Waals surface area contributed by atoms with Crippen LogP contribution in [0.15, 0.2) is 84.9 Å². The summed E-state index contributed by atoms with van der Waals surface area (Å²) in [5.74, 6) is -0.0191. The van der Waals surface area contributed by atoms with Gasteiger partial charge >= 0.3 is 0 Å². The molecule has 0 saturated heterocycles. The summed E-state index contributed by atoms with van der Waals surface area (Å²) in [6, 6.07) is 26.4. The van der Waals surface area contributed by atoms with Crippen LogP contribution < -0.4 is 10.9 Å². The van der Waals surface area contributed by atoms with E-state index in [1.54, 1.807) is 12.1 Å². The first-order valence-electron chi connectivity index (χ1n) is 10.6. The smallest absolute Gasteiger partial charge is 0.269 e. The van der Waals surface area contributed by atoms with E-state index in [-0.39, 0.29) is 24.2 Å². The lowest BCUT2D eigenvalue weighted by Gasteiger charge is -2.12. The molecule has 0 saturated carbocycles. The minimum absolute atomic E-state index is 0.0511. The van der Waals surface area contributed by atoms with Crippen LogP contribution in [0.2, 0.25) is 0 Å². The molecule has 3 aromatic carbocycles. The molecule has 0 aliphatic heterocycles. The zero-order valence-electron chi connectivity index (χ0n) is 18.2. The van der Waals surface area contributed by atoms with Gasteiger partial charge in [-0.2, -0.15) is 4.80 Å². The molecule has 1 atom stereocenters. The van der Waals surface area contributed by atoms with Gasteiger partial charge in [0.2, 0.25) is 11.7 Å². The highest BCUT2D eigenvalue weighted by atomic mass is 16.2. The zero-order chi connectivity index (χ0) is 23.0. The summed E-state index contributed by atoms with van der Waals surface area (Å²) >= 11 is 0. The number of carbonyl (C=O) groups is 2. The standard InChI is InChI=1S/C25H24N6O2/c1-18(20-8-4-2-5-9-20)16-23(32)26-28-25(33)22-14-12-19(13-15-22)17-31-29-24(27-30-31)21-10-6-3-7-11-21/h2-15,18H,16-17H2,1H3,(H,26,32)(H,28,33). The van der Waals surface area contributed by atoms with Crippen molar-refractivity contribution < 1.29 is 9.59 Å². The summed E-state index contributed by atoms with van der Waals surface area (Å²) in [7, 11) is 0. The number of hydrogen-bond donors (Lipinski definition) is 2. The second kappa shape index (κ2) is 10.3. The first kappa shape index (κ1) is 21.9. The van der Waals surface area contributed by atoms with Crippen molar-refractivity contribution in [2.45, 2.75) is 25.8 Å². The molecule has 0 radical (unpaired) electrons. The van der Waals surface area contributed by atoms with Gasteiger partial charge in [-0.3, -0.25) is 20.4 Å². The van der Waals surface area contributed by atoms with Crippen molar-refractivity contribution in [3.05, 3.63) is 102 Å². The monoisotopic (exact) mass is 440 g/mol. The first-order chi connectivity index (χ1) is 16.1. The number of benzene rings is 3. The highest BCUT2D eigenvalue weighted by Crippen LogP contribution is 2.18. The SMILES string of the molecule is CC(CC(=O)NNC(=O)c1ccc(Cn2nnc(-c3ccccc3)n2)cc1)c1ccccc1. The third-order valence-electron chi connectivity index (χ3n) is 5.20. The molecular formula is C25H24N6O2. The number of carbonyl (C=O) groups excluding carboxylic acids is 2. The highest BCUT2D eigenvalue weighted by molar-refractivity contribution is 5.95. The summed E-state index contributed by atoms with van der Waals surface area (Å²) in [5, 5.41) is 12.6. The lowest BCUT2D eigenvalue weighted by atomic mass is 9.98. The maximum absolute atomic E-state index is 12.4. The number of nitrogens with one attached hydrogen (secondary N) is 2. The van der Waals surface area contributed by atoms with Gasteiger partial charge < -0.3 is 0 Å². The summed E-state index contributed by atoms with van der Waals surface area (Å²) in [5.41, 5.74) is 8.28. The number of nitrogens with zero attached hydrogens (tertiary/aromatic N) is 4. The Morgan fingerprint density at radius 2 is 1.55 bits per heavy atom. The predicted octanol–water partition coefficient (Wildman–Crippen LogP) is 3.34. The first-order valence-corrected chi connectivity index (χ1v) is 10.6. The Hall–Kier alpha value is -4.33. The fraction of sp³-hybridized carbons (Fsp3) is 0.160. The van der Waals surface area contributed by atoms with E-state index >= 15 is 0 Å². The van der Waals surface area contributed by atoms with Crippen molar-refractivity contribution in [3.63, 3.8) is 0 Å². The Morgan fingerprint density at radius 1 is 0.879 bits per heavy atom. The average Bonchev–Trinajstić information content (AvgIpc) is 3.32. The van der Waals surface area contributed by atoms with Crippen molar-refractivity contribution in [2.24, 2.45) is 0 Å². The average molecular weight is 441 g/mol. The van der Waals surface area contributed by atoms with Crippen molar-refractivity contribution in [1.82, 2.24) is 31.1 Å². The van der Waals surface area contributed by atoms with Crippen LogP contribution in [0.4, 0.5) is 0 Å². The number of hydrogen-bond acceptors (Lipinski definition) is 5. The van der Waals surface area contributed by atoms with Gasteiger partial charge in [-0.15, -0.1) is 10.2 Å². The van der Waals surface area contributed by atoms with Gasteiger partial charge in [0.05, 0.1) is 6.54 Å². The molecule has 0 aliphatic carbocycles. The maximum atomic E-state index is 12.4. The Morgan fingerprint density at radius 3 is 2.24 bits per heavy atom. The minimum Gasteiger partial charge on any atom is -0.273 e. The van der Waals surface area contributed by atoms with E-state index in [1.807, 2.05) is 79.7 Å². The van der Waals surface area contributed by atoms with Gasteiger partial charge in [-0.05, 0) is 34.4 Å². The van der Waals surface area contributed by atoms with Gasteiger partial charge in [0, 0.05) is 17.5 Å². The summed E-state index contributed by atoms with van der Waals surface area (Å²) in [4.78, 5) is 26.1. The van der Waals surface area contributed by atoms with E-state index in [9.17, 15) is 9.59 Å². The second-order valence-corrected chi connectivity index (χ2v) is 7.72. The van der Waals surface area contributed by atoms with Crippen LogP contribution in [0, 0.1) is 0 Å². The maximum Gasteiger partial charge on any atom is 0.269 e. The van der Waals surface area contributed by atoms with E-state index in [0.29, 0.717) is 17.9 Å². The number of hydrazine groups is 1. The zero-order valence-corrected chi connectivity index (χ0v) is 18.2. The molecule has 1 heterocycles. The summed E-state index contributed by atoms with van der Waals surface area (Å²) in [6.45, 7) is 2.40. The van der Waals surface area contributed by atoms with Crippen LogP contribution in [0.5, 0.6) is 0 Å². The van der Waals surface area contributed by atoms with E-state index in [0.717, 1.165) is 16.7 Å². The molecule has 1 unspecified atom stereocenters. The quantitative estimate of drug-likeness (QED) is 0.429. The van der Waals surface area contributed by atoms with Crippen LogP contribution in [-0.4, -0.2) is 32.0 Å². The number of tetrazole rings is 1. The number of rotatable bonds is 7. The Kier molecular flexibility index (Phi) is 6.84. The predicted molar refractivity (Wildman–Crippen MR) is 124 cm³/mol. The fourth-order valence-electron chi connectivity index (χ4n) is 3.37. The molecule has 166 valence electrons.